The predicted octanol–water partition coefficient (Wildman–Crippen LogP) is -1.53. The third-order valence-corrected chi connectivity index (χ3v) is 2.41. The van der Waals surface area contributed by atoms with E-state index in [2.05, 4.69) is 4.74 Å². The largest absolute Gasteiger partial charge is 0.419 e. The summed E-state index contributed by atoms with van der Waals surface area (Å²) < 4.78 is 4.66. The van der Waals surface area contributed by atoms with Crippen LogP contribution in [0.3, 0.4) is 0 Å². The summed E-state index contributed by atoms with van der Waals surface area (Å²) in [4.78, 5) is 46.7. The van der Waals surface area contributed by atoms with Crippen molar-refractivity contribution in [2.24, 2.45) is 0 Å². The molecule has 2 heterocycles. The van der Waals surface area contributed by atoms with Crippen molar-refractivity contribution in [3.8, 4) is 0 Å². The zero-order valence-corrected chi connectivity index (χ0v) is 7.94. The SMILES string of the molecule is CN1C(=O)O[C@]2(C(=O)NC(=O)N2C)C1=O. The maximum Gasteiger partial charge on any atom is 0.419 e. The Morgan fingerprint density at radius 3 is 2.13 bits per heavy atom. The molecule has 2 rings (SSSR count). The average molecular weight is 213 g/mol. The van der Waals surface area contributed by atoms with Gasteiger partial charge in [0.1, 0.15) is 0 Å². The number of hydrogen-bond acceptors (Lipinski definition) is 5. The summed E-state index contributed by atoms with van der Waals surface area (Å²) in [7, 11) is 2.37. The Kier molecular flexibility index (Phi) is 1.55. The van der Waals surface area contributed by atoms with E-state index in [4.69, 9.17) is 0 Å². The molecule has 1 atom stereocenters. The number of hydrogen-bond donors (Lipinski definition) is 1. The van der Waals surface area contributed by atoms with Gasteiger partial charge in [-0.25, -0.2) is 14.5 Å². The van der Waals surface area contributed by atoms with Crippen molar-refractivity contribution in [3.63, 3.8) is 0 Å². The lowest BCUT2D eigenvalue weighted by Crippen LogP contribution is -2.54. The molecule has 0 radical (unpaired) electrons. The van der Waals surface area contributed by atoms with Crippen molar-refractivity contribution >= 4 is 23.9 Å². The number of amides is 5. The second-order valence-electron chi connectivity index (χ2n) is 3.19. The van der Waals surface area contributed by atoms with Crippen LogP contribution >= 0.6 is 0 Å². The van der Waals surface area contributed by atoms with Gasteiger partial charge in [0.05, 0.1) is 0 Å². The number of likely N-dealkylation sites (N-methyl/N-ethyl adjacent to an activating group) is 2. The van der Waals surface area contributed by atoms with Crippen molar-refractivity contribution in [3.05, 3.63) is 0 Å². The van der Waals surface area contributed by atoms with Gasteiger partial charge in [-0.1, -0.05) is 0 Å². The first-order valence-electron chi connectivity index (χ1n) is 4.01. The first-order valence-corrected chi connectivity index (χ1v) is 4.01. The fraction of sp³-hybridized carbons (Fsp3) is 0.429. The van der Waals surface area contributed by atoms with Crippen molar-refractivity contribution in [2.45, 2.75) is 5.72 Å². The molecule has 2 fully saturated rings. The molecule has 0 aromatic rings. The van der Waals surface area contributed by atoms with Gasteiger partial charge in [-0.05, 0) is 0 Å². The van der Waals surface area contributed by atoms with Crippen LogP contribution in [0.2, 0.25) is 0 Å². The highest BCUT2D eigenvalue weighted by atomic mass is 16.6. The van der Waals surface area contributed by atoms with Crippen LogP contribution in [-0.2, 0) is 14.3 Å². The molecule has 1 spiro atoms. The van der Waals surface area contributed by atoms with Gasteiger partial charge in [0, 0.05) is 14.1 Å². The van der Waals surface area contributed by atoms with Crippen LogP contribution < -0.4 is 5.32 Å². The smallest absolute Gasteiger partial charge is 0.403 e. The van der Waals surface area contributed by atoms with Crippen LogP contribution in [0.1, 0.15) is 0 Å². The third-order valence-electron chi connectivity index (χ3n) is 2.41. The van der Waals surface area contributed by atoms with Crippen molar-refractivity contribution in [2.75, 3.05) is 14.1 Å². The zero-order chi connectivity index (χ0) is 11.4. The Bertz CT molecular complexity index is 405. The van der Waals surface area contributed by atoms with E-state index in [9.17, 15) is 19.2 Å². The van der Waals surface area contributed by atoms with E-state index in [1.165, 1.54) is 14.1 Å². The number of carbonyl (C=O) groups is 4. The first kappa shape index (κ1) is 9.44. The van der Waals surface area contributed by atoms with Crippen molar-refractivity contribution in [1.29, 1.82) is 0 Å². The minimum absolute atomic E-state index is 0.647. The normalized spacial score (nSPS) is 30.3. The molecule has 15 heavy (non-hydrogen) atoms. The monoisotopic (exact) mass is 213 g/mol. The maximum atomic E-state index is 11.6. The van der Waals surface area contributed by atoms with E-state index in [0.29, 0.717) is 4.90 Å². The molecule has 8 heteroatoms. The summed E-state index contributed by atoms with van der Waals surface area (Å²) in [6.45, 7) is 0. The lowest BCUT2D eigenvalue weighted by Gasteiger charge is -2.22. The van der Waals surface area contributed by atoms with Crippen molar-refractivity contribution < 1.29 is 23.9 Å². The van der Waals surface area contributed by atoms with E-state index >= 15 is 0 Å². The van der Waals surface area contributed by atoms with Crippen LogP contribution in [0.25, 0.3) is 0 Å². The third kappa shape index (κ3) is 0.853. The summed E-state index contributed by atoms with van der Waals surface area (Å²) in [5.74, 6) is -1.82. The maximum absolute atomic E-state index is 11.6. The number of rotatable bonds is 0. The Labute approximate surface area is 83.7 Å². The molecule has 80 valence electrons. The van der Waals surface area contributed by atoms with Gasteiger partial charge in [0.25, 0.3) is 0 Å². The Morgan fingerprint density at radius 1 is 1.20 bits per heavy atom. The minimum atomic E-state index is -2.15. The highest BCUT2D eigenvalue weighted by Gasteiger charge is 2.67. The van der Waals surface area contributed by atoms with Gasteiger partial charge in [0.2, 0.25) is 0 Å². The molecule has 2 aliphatic heterocycles. The van der Waals surface area contributed by atoms with Gasteiger partial charge in [-0.15, -0.1) is 0 Å². The van der Waals surface area contributed by atoms with Gasteiger partial charge < -0.3 is 4.74 Å². The highest BCUT2D eigenvalue weighted by molar-refractivity contribution is 6.23. The second-order valence-corrected chi connectivity index (χ2v) is 3.19. The Balaban J connectivity index is 2.52. The van der Waals surface area contributed by atoms with E-state index in [-0.39, 0.29) is 0 Å². The number of imide groups is 2. The van der Waals surface area contributed by atoms with E-state index in [0.717, 1.165) is 4.90 Å². The summed E-state index contributed by atoms with van der Waals surface area (Å²) in [6, 6.07) is -0.781. The van der Waals surface area contributed by atoms with Crippen LogP contribution in [0.15, 0.2) is 0 Å². The van der Waals surface area contributed by atoms with E-state index < -0.39 is 29.7 Å². The van der Waals surface area contributed by atoms with Gasteiger partial charge in [-0.3, -0.25) is 19.8 Å². The molecule has 0 aliphatic carbocycles. The van der Waals surface area contributed by atoms with Crippen molar-refractivity contribution in [1.82, 2.24) is 15.1 Å². The van der Waals surface area contributed by atoms with E-state index in [1.807, 2.05) is 5.32 Å². The number of nitrogens with one attached hydrogen (secondary N) is 1. The molecular formula is C7H7N3O5. The summed E-state index contributed by atoms with van der Waals surface area (Å²) in [5, 5.41) is 1.89. The molecule has 1 N–H and O–H groups in total. The molecular weight excluding hydrogens is 206 g/mol. The number of nitrogens with zero attached hydrogens (tertiary/aromatic N) is 2. The molecule has 5 amide bonds. The molecule has 0 unspecified atom stereocenters. The Morgan fingerprint density at radius 2 is 1.80 bits per heavy atom. The Hall–Kier alpha value is -2.12. The van der Waals surface area contributed by atoms with Gasteiger partial charge >= 0.3 is 29.7 Å². The fourth-order valence-electron chi connectivity index (χ4n) is 1.47. The average Bonchev–Trinajstić information content (AvgIpc) is 2.53. The molecule has 0 bridgehead atoms. The summed E-state index contributed by atoms with van der Waals surface area (Å²) >= 11 is 0. The topological polar surface area (TPSA) is 96.0 Å². The molecule has 0 saturated carbocycles. The predicted molar refractivity (Wildman–Crippen MR) is 43.3 cm³/mol. The molecule has 0 aromatic heterocycles. The van der Waals surface area contributed by atoms with Crippen LogP contribution in [0.5, 0.6) is 0 Å². The van der Waals surface area contributed by atoms with Crippen LogP contribution in [0, 0.1) is 0 Å². The number of ether oxygens (including phenoxy) is 1. The van der Waals surface area contributed by atoms with Gasteiger partial charge in [-0.2, -0.15) is 0 Å². The summed E-state index contributed by atoms with van der Waals surface area (Å²) in [5.41, 5.74) is -2.15. The number of carbonyl (C=O) groups excluding carboxylic acids is 4. The fourth-order valence-corrected chi connectivity index (χ4v) is 1.47. The first-order chi connectivity index (χ1) is 6.91. The zero-order valence-electron chi connectivity index (χ0n) is 7.94. The second kappa shape index (κ2) is 2.47. The quantitative estimate of drug-likeness (QED) is 0.389. The minimum Gasteiger partial charge on any atom is -0.403 e. The highest BCUT2D eigenvalue weighted by Crippen LogP contribution is 2.30. The molecule has 8 nitrogen and oxygen atoms in total. The molecule has 0 aromatic carbocycles. The lowest BCUT2D eigenvalue weighted by atomic mass is 10.2. The molecule has 2 saturated heterocycles. The standard InChI is InChI=1S/C7H7N3O5/c1-9-4(12)7(15-6(9)14)3(11)8-5(13)10(7)2/h1-2H3,(H,8,11,13)/t7-/m1/s1. The summed E-state index contributed by atoms with van der Waals surface area (Å²) in [6.07, 6.45) is -0.961. The van der Waals surface area contributed by atoms with Gasteiger partial charge in [0.15, 0.2) is 0 Å². The molecule has 2 aliphatic rings. The van der Waals surface area contributed by atoms with Crippen LogP contribution in [-0.4, -0.2) is 53.6 Å². The van der Waals surface area contributed by atoms with E-state index in [1.54, 1.807) is 0 Å². The van der Waals surface area contributed by atoms with Crippen LogP contribution in [0.4, 0.5) is 9.59 Å². The lowest BCUT2D eigenvalue weighted by molar-refractivity contribution is -0.155. The number of urea groups is 1.